The van der Waals surface area contributed by atoms with E-state index in [0.717, 1.165) is 16.0 Å². The van der Waals surface area contributed by atoms with Crippen molar-refractivity contribution in [2.24, 2.45) is 5.73 Å². The Kier molecular flexibility index (Phi) is 6.36. The normalized spacial score (nSPS) is 10.5. The molecule has 0 bridgehead atoms. The number of hydrogen-bond donors (Lipinski definition) is 3. The number of nitrogens with one attached hydrogen (secondary N) is 2. The molecule has 0 saturated carbocycles. The van der Waals surface area contributed by atoms with Crippen molar-refractivity contribution in [3.05, 3.63) is 80.1 Å². The number of anilines is 2. The first-order valence-corrected chi connectivity index (χ1v) is 10.3. The fourth-order valence-electron chi connectivity index (χ4n) is 3.02. The molecule has 1 aromatic carbocycles. The monoisotopic (exact) mass is 438 g/mol. The molecule has 2 aromatic heterocycles. The summed E-state index contributed by atoms with van der Waals surface area (Å²) in [6.45, 7) is 5.35. The van der Waals surface area contributed by atoms with Gasteiger partial charge in [-0.3, -0.25) is 19.2 Å². The van der Waals surface area contributed by atoms with Gasteiger partial charge < -0.3 is 20.9 Å². The third-order valence-electron chi connectivity index (χ3n) is 4.73. The van der Waals surface area contributed by atoms with Crippen molar-refractivity contribution in [2.45, 2.75) is 27.3 Å². The number of nitrogens with two attached hydrogens (primary N) is 1. The second-order valence-corrected chi connectivity index (χ2v) is 8.33. The van der Waals surface area contributed by atoms with E-state index < -0.39 is 11.8 Å². The standard InChI is InChI=1S/C22H22N4O4S/c1-12-4-9-18(28)26(10-12)11-17(27)24-16-7-5-15(6-8-16)21(30)25-22-19(20(23)29)13(2)14(3)31-22/h4-10H,11H2,1-3H3,(H2,23,29)(H,24,27)(H,25,30). The molecule has 31 heavy (non-hydrogen) atoms. The van der Waals surface area contributed by atoms with Gasteiger partial charge in [-0.05, 0) is 56.2 Å². The summed E-state index contributed by atoms with van der Waals surface area (Å²) in [5.41, 5.74) is 7.95. The van der Waals surface area contributed by atoms with Gasteiger partial charge in [-0.1, -0.05) is 6.07 Å². The van der Waals surface area contributed by atoms with Gasteiger partial charge in [-0.2, -0.15) is 0 Å². The van der Waals surface area contributed by atoms with Gasteiger partial charge in [0.05, 0.1) is 5.56 Å². The summed E-state index contributed by atoms with van der Waals surface area (Å²) in [5, 5.41) is 5.84. The summed E-state index contributed by atoms with van der Waals surface area (Å²) >= 11 is 1.29. The summed E-state index contributed by atoms with van der Waals surface area (Å²) in [6.07, 6.45) is 1.61. The Morgan fingerprint density at radius 2 is 1.68 bits per heavy atom. The van der Waals surface area contributed by atoms with Crippen LogP contribution < -0.4 is 21.9 Å². The fraction of sp³-hybridized carbons (Fsp3) is 0.182. The van der Waals surface area contributed by atoms with Crippen LogP contribution in [0, 0.1) is 20.8 Å². The lowest BCUT2D eigenvalue weighted by atomic mass is 10.1. The Bertz CT molecular complexity index is 1230. The van der Waals surface area contributed by atoms with Crippen molar-refractivity contribution >= 4 is 39.7 Å². The molecule has 0 unspecified atom stereocenters. The number of hydrogen-bond acceptors (Lipinski definition) is 5. The van der Waals surface area contributed by atoms with Crippen LogP contribution in [0.4, 0.5) is 10.7 Å². The highest BCUT2D eigenvalue weighted by Gasteiger charge is 2.19. The van der Waals surface area contributed by atoms with E-state index in [9.17, 15) is 19.2 Å². The van der Waals surface area contributed by atoms with Crippen molar-refractivity contribution in [3.8, 4) is 0 Å². The average Bonchev–Trinajstić information content (AvgIpc) is 2.98. The van der Waals surface area contributed by atoms with Crippen LogP contribution in [0.15, 0.2) is 47.4 Å². The fourth-order valence-corrected chi connectivity index (χ4v) is 4.08. The molecule has 3 rings (SSSR count). The quantitative estimate of drug-likeness (QED) is 0.547. The molecule has 0 aliphatic carbocycles. The van der Waals surface area contributed by atoms with Crippen LogP contribution in [-0.4, -0.2) is 22.3 Å². The van der Waals surface area contributed by atoms with Crippen LogP contribution in [0.2, 0.25) is 0 Å². The van der Waals surface area contributed by atoms with Crippen molar-refractivity contribution in [3.63, 3.8) is 0 Å². The van der Waals surface area contributed by atoms with Gasteiger partial charge >= 0.3 is 0 Å². The zero-order valence-electron chi connectivity index (χ0n) is 17.3. The number of nitrogens with zero attached hydrogens (tertiary/aromatic N) is 1. The molecule has 2 heterocycles. The van der Waals surface area contributed by atoms with Gasteiger partial charge in [-0.15, -0.1) is 11.3 Å². The lowest BCUT2D eigenvalue weighted by Gasteiger charge is -2.09. The van der Waals surface area contributed by atoms with Gasteiger partial charge in [0.25, 0.3) is 17.4 Å². The zero-order valence-corrected chi connectivity index (χ0v) is 18.1. The molecule has 3 aromatic rings. The predicted molar refractivity (Wildman–Crippen MR) is 121 cm³/mol. The highest BCUT2D eigenvalue weighted by atomic mass is 32.1. The second kappa shape index (κ2) is 8.97. The van der Waals surface area contributed by atoms with E-state index in [-0.39, 0.29) is 18.0 Å². The Hall–Kier alpha value is -3.72. The lowest BCUT2D eigenvalue weighted by Crippen LogP contribution is -2.26. The maximum atomic E-state index is 12.6. The molecular weight excluding hydrogens is 416 g/mol. The number of rotatable bonds is 6. The van der Waals surface area contributed by atoms with Crippen LogP contribution >= 0.6 is 11.3 Å². The minimum atomic E-state index is -0.595. The number of primary amides is 1. The minimum Gasteiger partial charge on any atom is -0.365 e. The molecule has 160 valence electrons. The number of benzene rings is 1. The van der Waals surface area contributed by atoms with E-state index >= 15 is 0 Å². The van der Waals surface area contributed by atoms with Crippen LogP contribution in [0.5, 0.6) is 0 Å². The highest BCUT2D eigenvalue weighted by molar-refractivity contribution is 7.16. The molecule has 0 radical (unpaired) electrons. The molecule has 0 aliphatic rings. The van der Waals surface area contributed by atoms with Crippen LogP contribution in [-0.2, 0) is 11.3 Å². The maximum Gasteiger partial charge on any atom is 0.256 e. The third-order valence-corrected chi connectivity index (χ3v) is 5.86. The molecule has 0 atom stereocenters. The molecule has 4 N–H and O–H groups in total. The van der Waals surface area contributed by atoms with Crippen LogP contribution in [0.25, 0.3) is 0 Å². The van der Waals surface area contributed by atoms with Crippen LogP contribution in [0.1, 0.15) is 36.7 Å². The molecule has 3 amide bonds. The average molecular weight is 439 g/mol. The smallest absolute Gasteiger partial charge is 0.256 e. The number of amides is 3. The molecular formula is C22H22N4O4S. The molecule has 0 aliphatic heterocycles. The van der Waals surface area contributed by atoms with E-state index in [1.165, 1.54) is 22.0 Å². The lowest BCUT2D eigenvalue weighted by molar-refractivity contribution is -0.116. The van der Waals surface area contributed by atoms with Crippen molar-refractivity contribution in [2.75, 3.05) is 10.6 Å². The second-order valence-electron chi connectivity index (χ2n) is 7.10. The van der Waals surface area contributed by atoms with Crippen molar-refractivity contribution in [1.82, 2.24) is 4.57 Å². The van der Waals surface area contributed by atoms with Crippen molar-refractivity contribution in [1.29, 1.82) is 0 Å². The SMILES string of the molecule is Cc1ccc(=O)n(CC(=O)Nc2ccc(C(=O)Nc3sc(C)c(C)c3C(N)=O)cc2)c1. The molecule has 0 fully saturated rings. The van der Waals surface area contributed by atoms with Gasteiger partial charge in [-0.25, -0.2) is 0 Å². The summed E-state index contributed by atoms with van der Waals surface area (Å²) in [5.74, 6) is -1.35. The largest absolute Gasteiger partial charge is 0.365 e. The molecule has 9 heteroatoms. The van der Waals surface area contributed by atoms with E-state index in [2.05, 4.69) is 10.6 Å². The first kappa shape index (κ1) is 22.0. The van der Waals surface area contributed by atoms with Gasteiger partial charge in [0.1, 0.15) is 11.5 Å². The summed E-state index contributed by atoms with van der Waals surface area (Å²) in [7, 11) is 0. The summed E-state index contributed by atoms with van der Waals surface area (Å²) in [4.78, 5) is 49.3. The topological polar surface area (TPSA) is 123 Å². The summed E-state index contributed by atoms with van der Waals surface area (Å²) in [6, 6.07) is 9.39. The van der Waals surface area contributed by atoms with E-state index in [1.54, 1.807) is 43.5 Å². The minimum absolute atomic E-state index is 0.115. The Balaban J connectivity index is 1.67. The maximum absolute atomic E-state index is 12.6. The zero-order chi connectivity index (χ0) is 22.7. The first-order valence-electron chi connectivity index (χ1n) is 9.44. The van der Waals surface area contributed by atoms with E-state index in [4.69, 9.17) is 5.73 Å². The predicted octanol–water partition coefficient (Wildman–Crippen LogP) is 2.82. The van der Waals surface area contributed by atoms with E-state index in [0.29, 0.717) is 21.8 Å². The number of pyridine rings is 1. The van der Waals surface area contributed by atoms with Gasteiger partial charge in [0.15, 0.2) is 0 Å². The Morgan fingerprint density at radius 3 is 2.32 bits per heavy atom. The number of aryl methyl sites for hydroxylation is 2. The molecule has 0 spiro atoms. The Morgan fingerprint density at radius 1 is 1.00 bits per heavy atom. The van der Waals surface area contributed by atoms with Crippen LogP contribution in [0.3, 0.4) is 0 Å². The number of carbonyl (C=O) groups is 3. The third kappa shape index (κ3) is 5.07. The number of aromatic nitrogens is 1. The van der Waals surface area contributed by atoms with Gasteiger partial charge in [0.2, 0.25) is 5.91 Å². The summed E-state index contributed by atoms with van der Waals surface area (Å²) < 4.78 is 1.33. The highest BCUT2D eigenvalue weighted by Crippen LogP contribution is 2.32. The number of thiophene rings is 1. The first-order chi connectivity index (χ1) is 14.7. The molecule has 0 saturated heterocycles. The Labute approximate surface area is 182 Å². The van der Waals surface area contributed by atoms with E-state index in [1.807, 2.05) is 13.8 Å². The van der Waals surface area contributed by atoms with Gasteiger partial charge in [0, 0.05) is 28.4 Å². The van der Waals surface area contributed by atoms with Crippen molar-refractivity contribution < 1.29 is 14.4 Å². The number of carbonyl (C=O) groups excluding carboxylic acids is 3. The molecule has 8 nitrogen and oxygen atoms in total.